The molecule has 9 heteroatoms. The molecule has 0 aliphatic carbocycles. The molecule has 0 spiro atoms. The van der Waals surface area contributed by atoms with E-state index in [0.29, 0.717) is 18.5 Å². The second-order valence-electron chi connectivity index (χ2n) is 14.0. The molecule has 0 aromatic carbocycles. The molecule has 0 aromatic heterocycles. The highest BCUT2D eigenvalue weighted by Gasteiger charge is 2.40. The zero-order chi connectivity index (χ0) is 31.2. The Labute approximate surface area is 248 Å². The molecule has 4 atom stereocenters. The maximum atomic E-state index is 14.0. The summed E-state index contributed by atoms with van der Waals surface area (Å²) in [6.45, 7) is 21.2. The van der Waals surface area contributed by atoms with E-state index < -0.39 is 17.5 Å². The van der Waals surface area contributed by atoms with Gasteiger partial charge in [-0.3, -0.25) is 24.1 Å². The number of rotatable bonds is 10. The molecule has 9 nitrogen and oxygen atoms in total. The van der Waals surface area contributed by atoms with Crippen LogP contribution in [0.15, 0.2) is 11.6 Å². The summed E-state index contributed by atoms with van der Waals surface area (Å²) in [5.41, 5.74) is -0.000204. The molecule has 41 heavy (non-hydrogen) atoms. The number of hydrogen-bond donors (Lipinski definition) is 2. The maximum Gasteiger partial charge on any atom is 0.249 e. The van der Waals surface area contributed by atoms with Gasteiger partial charge in [-0.2, -0.15) is 0 Å². The van der Waals surface area contributed by atoms with Crippen LogP contribution in [0.5, 0.6) is 0 Å². The molecule has 2 aliphatic rings. The van der Waals surface area contributed by atoms with Gasteiger partial charge >= 0.3 is 0 Å². The van der Waals surface area contributed by atoms with E-state index in [1.807, 2.05) is 54.5 Å². The maximum absolute atomic E-state index is 14.0. The third kappa shape index (κ3) is 9.03. The number of nitrogens with zero attached hydrogens (tertiary/aromatic N) is 3. The number of nitrogens with one attached hydrogen (secondary N) is 2. The first kappa shape index (κ1) is 34.8. The summed E-state index contributed by atoms with van der Waals surface area (Å²) in [6, 6.07) is -1.54. The second-order valence-corrected chi connectivity index (χ2v) is 14.0. The first-order valence-electron chi connectivity index (χ1n) is 15.6. The van der Waals surface area contributed by atoms with Crippen LogP contribution in [0.25, 0.3) is 0 Å². The van der Waals surface area contributed by atoms with E-state index in [-0.39, 0.29) is 53.7 Å². The Morgan fingerprint density at radius 2 is 1.44 bits per heavy atom. The number of hydrogen-bond acceptors (Lipinski definition) is 5. The Kier molecular flexibility index (Phi) is 12.4. The monoisotopic (exact) mass is 575 g/mol. The summed E-state index contributed by atoms with van der Waals surface area (Å²) >= 11 is 0. The van der Waals surface area contributed by atoms with Crippen molar-refractivity contribution in [2.24, 2.45) is 11.3 Å². The Bertz CT molecular complexity index is 968. The van der Waals surface area contributed by atoms with Crippen LogP contribution in [0, 0.1) is 11.3 Å². The zero-order valence-corrected chi connectivity index (χ0v) is 27.5. The molecular weight excluding hydrogens is 518 g/mol. The van der Waals surface area contributed by atoms with Crippen molar-refractivity contribution in [3.05, 3.63) is 11.6 Å². The van der Waals surface area contributed by atoms with Gasteiger partial charge < -0.3 is 20.4 Å². The summed E-state index contributed by atoms with van der Waals surface area (Å²) in [4.78, 5) is 59.4. The smallest absolute Gasteiger partial charge is 0.249 e. The largest absolute Gasteiger partial charge is 0.352 e. The summed E-state index contributed by atoms with van der Waals surface area (Å²) in [5.74, 6) is -0.545. The van der Waals surface area contributed by atoms with E-state index in [1.54, 1.807) is 23.8 Å². The Morgan fingerprint density at radius 3 is 1.98 bits per heavy atom. The lowest BCUT2D eigenvalue weighted by atomic mass is 9.84. The molecule has 2 rings (SSSR count). The van der Waals surface area contributed by atoms with Gasteiger partial charge in [0.15, 0.2) is 0 Å². The van der Waals surface area contributed by atoms with Crippen LogP contribution in [-0.2, 0) is 19.2 Å². The molecule has 2 aliphatic heterocycles. The van der Waals surface area contributed by atoms with Crippen LogP contribution in [0.2, 0.25) is 0 Å². The van der Waals surface area contributed by atoms with E-state index in [4.69, 9.17) is 0 Å². The van der Waals surface area contributed by atoms with Crippen molar-refractivity contribution in [2.75, 3.05) is 20.1 Å². The molecule has 0 radical (unpaired) electrons. The van der Waals surface area contributed by atoms with Crippen molar-refractivity contribution in [3.8, 4) is 0 Å². The highest BCUT2D eigenvalue weighted by atomic mass is 16.2. The van der Waals surface area contributed by atoms with Crippen LogP contribution < -0.4 is 10.6 Å². The van der Waals surface area contributed by atoms with E-state index in [9.17, 15) is 19.2 Å². The van der Waals surface area contributed by atoms with Crippen molar-refractivity contribution < 1.29 is 19.2 Å². The lowest BCUT2D eigenvalue weighted by Crippen LogP contribution is -2.60. The summed E-state index contributed by atoms with van der Waals surface area (Å²) in [6.07, 6.45) is 6.14. The molecule has 2 fully saturated rings. The predicted octanol–water partition coefficient (Wildman–Crippen LogP) is 3.73. The Morgan fingerprint density at radius 1 is 0.854 bits per heavy atom. The van der Waals surface area contributed by atoms with Gasteiger partial charge in [0.2, 0.25) is 23.6 Å². The predicted molar refractivity (Wildman–Crippen MR) is 164 cm³/mol. The van der Waals surface area contributed by atoms with E-state index in [2.05, 4.69) is 29.4 Å². The van der Waals surface area contributed by atoms with E-state index in [0.717, 1.165) is 32.2 Å². The number of amides is 4. The normalized spacial score (nSPS) is 22.2. The minimum absolute atomic E-state index is 0.00415. The fourth-order valence-electron chi connectivity index (χ4n) is 6.06. The average Bonchev–Trinajstić information content (AvgIpc) is 3.37. The fraction of sp³-hybridized carbons (Fsp3) is 0.812. The molecule has 1 unspecified atom stereocenters. The molecule has 2 N–H and O–H groups in total. The summed E-state index contributed by atoms with van der Waals surface area (Å²) < 4.78 is 0. The van der Waals surface area contributed by atoms with Crippen molar-refractivity contribution >= 4 is 23.6 Å². The molecule has 0 bridgehead atoms. The first-order valence-corrected chi connectivity index (χ1v) is 15.6. The van der Waals surface area contributed by atoms with Gasteiger partial charge in [0.25, 0.3) is 0 Å². The lowest BCUT2D eigenvalue weighted by Gasteiger charge is -2.41. The van der Waals surface area contributed by atoms with Gasteiger partial charge in [-0.05, 0) is 78.2 Å². The van der Waals surface area contributed by atoms with Crippen molar-refractivity contribution in [1.29, 1.82) is 0 Å². The first-order chi connectivity index (χ1) is 19.0. The van der Waals surface area contributed by atoms with Crippen LogP contribution in [0.3, 0.4) is 0 Å². The van der Waals surface area contributed by atoms with Gasteiger partial charge in [0.05, 0.1) is 12.1 Å². The zero-order valence-electron chi connectivity index (χ0n) is 27.5. The molecule has 2 heterocycles. The van der Waals surface area contributed by atoms with Gasteiger partial charge in [-0.25, -0.2) is 0 Å². The topological polar surface area (TPSA) is 102 Å². The molecular formula is C32H57N5O4. The number of carbonyl (C=O) groups excluding carboxylic acids is 4. The summed E-state index contributed by atoms with van der Waals surface area (Å²) in [7, 11) is 1.75. The van der Waals surface area contributed by atoms with E-state index >= 15 is 0 Å². The van der Waals surface area contributed by atoms with Crippen molar-refractivity contribution in [2.45, 2.75) is 138 Å². The van der Waals surface area contributed by atoms with Crippen molar-refractivity contribution in [1.82, 2.24) is 25.3 Å². The fourth-order valence-corrected chi connectivity index (χ4v) is 6.06. The minimum Gasteiger partial charge on any atom is -0.352 e. The summed E-state index contributed by atoms with van der Waals surface area (Å²) in [5, 5.41) is 6.06. The number of carbonyl (C=O) groups is 4. The third-order valence-electron chi connectivity index (χ3n) is 8.39. The van der Waals surface area contributed by atoms with E-state index in [1.165, 1.54) is 0 Å². The minimum atomic E-state index is -0.718. The van der Waals surface area contributed by atoms with Crippen LogP contribution in [-0.4, -0.2) is 94.7 Å². The lowest BCUT2D eigenvalue weighted by molar-refractivity contribution is -0.142. The van der Waals surface area contributed by atoms with Crippen LogP contribution in [0.1, 0.15) is 101 Å². The SMILES string of the molecule is CC(=C[C@H](C(C)C)N(C)C(=O)[C@@H](NC(=O)C1CCCCN1C(C)C)C(C)(C)C)C(=O)N1CCC[C@H]1C(=O)NC(C)C. The van der Waals surface area contributed by atoms with Gasteiger partial charge in [0.1, 0.15) is 12.1 Å². The molecule has 2 saturated heterocycles. The highest BCUT2D eigenvalue weighted by Crippen LogP contribution is 2.27. The van der Waals surface area contributed by atoms with Gasteiger partial charge in [0, 0.05) is 31.2 Å². The molecule has 0 aromatic rings. The number of likely N-dealkylation sites (N-methyl/N-ethyl adjacent to an activating group) is 1. The second kappa shape index (κ2) is 14.7. The molecule has 234 valence electrons. The van der Waals surface area contributed by atoms with Crippen LogP contribution >= 0.6 is 0 Å². The quantitative estimate of drug-likeness (QED) is 0.387. The number of piperidine rings is 1. The Hall–Kier alpha value is -2.42. The average molecular weight is 576 g/mol. The Balaban J connectivity index is 2.26. The highest BCUT2D eigenvalue weighted by molar-refractivity contribution is 5.97. The number of likely N-dealkylation sites (tertiary alicyclic amines) is 2. The molecule has 0 saturated carbocycles. The van der Waals surface area contributed by atoms with Gasteiger partial charge in [-0.1, -0.05) is 47.1 Å². The van der Waals surface area contributed by atoms with Crippen LogP contribution in [0.4, 0.5) is 0 Å². The standard InChI is InChI=1S/C32H57N5O4/c1-20(2)26(19-23(7)30(40)37-18-14-16-25(37)28(38)33-21(3)4)35(11)31(41)27(32(8,9)10)34-29(39)24-15-12-13-17-36(24)22(5)6/h19-22,24-27H,12-18H2,1-11H3,(H,33,38)(H,34,39)/t24?,25-,26+,27+/m0/s1. The molecule has 4 amide bonds. The van der Waals surface area contributed by atoms with Crippen molar-refractivity contribution in [3.63, 3.8) is 0 Å². The third-order valence-corrected chi connectivity index (χ3v) is 8.39. The van der Waals surface area contributed by atoms with Gasteiger partial charge in [-0.15, -0.1) is 0 Å².